The van der Waals surface area contributed by atoms with Gasteiger partial charge >= 0.3 is 0 Å². The maximum atomic E-state index is 13.4. The molecule has 1 amide bonds. The summed E-state index contributed by atoms with van der Waals surface area (Å²) in [5.41, 5.74) is 5.23. The highest BCUT2D eigenvalue weighted by atomic mass is 16.3. The number of benzene rings is 2. The molecule has 1 saturated carbocycles. The number of aromatic nitrogens is 1. The molecule has 3 aromatic rings. The van der Waals surface area contributed by atoms with Crippen molar-refractivity contribution in [1.29, 1.82) is 0 Å². The molecule has 1 atom stereocenters. The van der Waals surface area contributed by atoms with Gasteiger partial charge in [-0.05, 0) is 61.8 Å². The highest BCUT2D eigenvalue weighted by Gasteiger charge is 2.49. The first-order valence-corrected chi connectivity index (χ1v) is 12.1. The topological polar surface area (TPSA) is 73.4 Å². The lowest BCUT2D eigenvalue weighted by Gasteiger charge is -2.30. The molecule has 5 nitrogen and oxygen atoms in total. The largest absolute Gasteiger partial charge is 0.507 e. The molecule has 1 unspecified atom stereocenters. The number of para-hydroxylation sites is 1. The summed E-state index contributed by atoms with van der Waals surface area (Å²) >= 11 is 0. The van der Waals surface area contributed by atoms with E-state index in [1.807, 2.05) is 42.6 Å². The number of amides is 1. The van der Waals surface area contributed by atoms with Crippen molar-refractivity contribution in [1.82, 2.24) is 9.88 Å². The summed E-state index contributed by atoms with van der Waals surface area (Å²) in [6, 6.07) is 13.3. The zero-order chi connectivity index (χ0) is 22.5. The number of hydrogen-bond donors (Lipinski definition) is 2. The maximum Gasteiger partial charge on any atom is 0.295 e. The predicted octanol–water partition coefficient (Wildman–Crippen LogP) is 5.41. The van der Waals surface area contributed by atoms with Gasteiger partial charge in [-0.3, -0.25) is 9.59 Å². The summed E-state index contributed by atoms with van der Waals surface area (Å²) in [5.74, 6) is -1.12. The van der Waals surface area contributed by atoms with Gasteiger partial charge in [0.25, 0.3) is 11.7 Å². The lowest BCUT2D eigenvalue weighted by molar-refractivity contribution is -0.141. The minimum absolute atomic E-state index is 0.0222. The maximum absolute atomic E-state index is 13.4. The zero-order valence-corrected chi connectivity index (χ0v) is 18.6. The number of Topliss-reactive ketones (excluding diaryl/α,β-unsaturated/α-hetero) is 1. The van der Waals surface area contributed by atoms with Gasteiger partial charge in [0.2, 0.25) is 0 Å². The fraction of sp³-hybridized carbons (Fsp3) is 0.357. The van der Waals surface area contributed by atoms with Crippen molar-refractivity contribution in [2.24, 2.45) is 0 Å². The second-order valence-electron chi connectivity index (χ2n) is 9.62. The summed E-state index contributed by atoms with van der Waals surface area (Å²) in [7, 11) is 0. The van der Waals surface area contributed by atoms with E-state index in [4.69, 9.17) is 0 Å². The Morgan fingerprint density at radius 2 is 1.70 bits per heavy atom. The summed E-state index contributed by atoms with van der Waals surface area (Å²) in [6.45, 7) is 0. The second kappa shape index (κ2) is 7.91. The molecule has 1 aliphatic heterocycles. The number of carbonyl (C=O) groups is 2. The van der Waals surface area contributed by atoms with E-state index < -0.39 is 17.7 Å². The number of aliphatic hydroxyl groups is 1. The van der Waals surface area contributed by atoms with Crippen LogP contribution in [0.1, 0.15) is 66.8 Å². The molecule has 0 radical (unpaired) electrons. The van der Waals surface area contributed by atoms with Gasteiger partial charge in [0, 0.05) is 34.3 Å². The first-order valence-electron chi connectivity index (χ1n) is 12.1. The molecule has 2 aliphatic carbocycles. The number of carbonyl (C=O) groups excluding carboxylic acids is 2. The number of likely N-dealkylation sites (tertiary alicyclic amines) is 1. The van der Waals surface area contributed by atoms with E-state index in [2.05, 4.69) is 11.1 Å². The van der Waals surface area contributed by atoms with Crippen LogP contribution in [0.3, 0.4) is 0 Å². The van der Waals surface area contributed by atoms with Crippen LogP contribution in [0.2, 0.25) is 0 Å². The van der Waals surface area contributed by atoms with Gasteiger partial charge in [-0.2, -0.15) is 0 Å². The molecule has 5 heteroatoms. The van der Waals surface area contributed by atoms with Gasteiger partial charge in [-0.1, -0.05) is 43.2 Å². The normalized spacial score (nSPS) is 22.9. The van der Waals surface area contributed by atoms with E-state index >= 15 is 0 Å². The molecule has 2 aromatic carbocycles. The molecular weight excluding hydrogens is 412 g/mol. The molecule has 2 N–H and O–H groups in total. The Bertz CT molecular complexity index is 1300. The van der Waals surface area contributed by atoms with E-state index in [1.165, 1.54) is 17.5 Å². The number of fused-ring (bicyclic) bond motifs is 2. The van der Waals surface area contributed by atoms with E-state index in [9.17, 15) is 14.7 Å². The summed E-state index contributed by atoms with van der Waals surface area (Å²) in [6.07, 6.45) is 10.2. The first kappa shape index (κ1) is 20.3. The number of hydrogen-bond acceptors (Lipinski definition) is 3. The number of rotatable bonds is 3. The Kier molecular flexibility index (Phi) is 4.86. The van der Waals surface area contributed by atoms with E-state index in [0.29, 0.717) is 5.56 Å². The lowest BCUT2D eigenvalue weighted by Crippen LogP contribution is -2.37. The SMILES string of the molecule is O=C1C(=O)N(C2CCCC2)C(c2c[nH]c3ccccc23)/C1=C(\O)c1ccc2c(c1)CCCC2. The molecule has 0 spiro atoms. The van der Waals surface area contributed by atoms with Crippen LogP contribution in [0.4, 0.5) is 0 Å². The van der Waals surface area contributed by atoms with Gasteiger partial charge in [-0.15, -0.1) is 0 Å². The Balaban J connectivity index is 1.54. The fourth-order valence-corrected chi connectivity index (χ4v) is 6.07. The second-order valence-corrected chi connectivity index (χ2v) is 9.62. The van der Waals surface area contributed by atoms with E-state index in [-0.39, 0.29) is 17.4 Å². The average molecular weight is 441 g/mol. The number of nitrogens with one attached hydrogen (secondary N) is 1. The highest BCUT2D eigenvalue weighted by molar-refractivity contribution is 6.46. The van der Waals surface area contributed by atoms with Crippen molar-refractivity contribution in [3.8, 4) is 0 Å². The third-order valence-electron chi connectivity index (χ3n) is 7.74. The number of nitrogens with zero attached hydrogens (tertiary/aromatic N) is 1. The number of aryl methyl sites for hydroxylation is 2. The van der Waals surface area contributed by atoms with Crippen LogP contribution < -0.4 is 0 Å². The number of H-pyrrole nitrogens is 1. The van der Waals surface area contributed by atoms with Gasteiger partial charge in [0.1, 0.15) is 5.76 Å². The monoisotopic (exact) mass is 440 g/mol. The molecule has 33 heavy (non-hydrogen) atoms. The van der Waals surface area contributed by atoms with Crippen molar-refractivity contribution >= 4 is 28.4 Å². The molecule has 1 saturated heterocycles. The summed E-state index contributed by atoms with van der Waals surface area (Å²) < 4.78 is 0. The minimum atomic E-state index is -0.583. The van der Waals surface area contributed by atoms with Crippen LogP contribution in [0, 0.1) is 0 Å². The van der Waals surface area contributed by atoms with Crippen LogP contribution in [-0.4, -0.2) is 32.7 Å². The molecule has 2 heterocycles. The van der Waals surface area contributed by atoms with Crippen molar-refractivity contribution in [2.75, 3.05) is 0 Å². The van der Waals surface area contributed by atoms with Gasteiger partial charge in [-0.25, -0.2) is 0 Å². The Morgan fingerprint density at radius 1 is 0.939 bits per heavy atom. The standard InChI is InChI=1S/C28H28N2O3/c31-26(19-14-13-17-7-1-2-8-18(17)15-19)24-25(22-16-29-23-12-6-5-11-21(22)23)30(28(33)27(24)32)20-9-3-4-10-20/h5-6,11-16,20,25,29,31H,1-4,7-10H2/b26-24+. The van der Waals surface area contributed by atoms with Crippen LogP contribution >= 0.6 is 0 Å². The first-order chi connectivity index (χ1) is 16.1. The molecule has 2 fully saturated rings. The number of ketones is 1. The lowest BCUT2D eigenvalue weighted by atomic mass is 9.88. The molecular formula is C28H28N2O3. The predicted molar refractivity (Wildman–Crippen MR) is 128 cm³/mol. The summed E-state index contributed by atoms with van der Waals surface area (Å²) in [5, 5.41) is 12.5. The van der Waals surface area contributed by atoms with Crippen molar-refractivity contribution in [3.63, 3.8) is 0 Å². The van der Waals surface area contributed by atoms with Gasteiger partial charge in [0.05, 0.1) is 11.6 Å². The van der Waals surface area contributed by atoms with Crippen LogP contribution in [0.5, 0.6) is 0 Å². The molecule has 3 aliphatic rings. The van der Waals surface area contributed by atoms with Crippen LogP contribution in [0.25, 0.3) is 16.7 Å². The van der Waals surface area contributed by atoms with E-state index in [0.717, 1.165) is 61.4 Å². The molecule has 6 rings (SSSR count). The molecule has 1 aromatic heterocycles. The van der Waals surface area contributed by atoms with Gasteiger partial charge < -0.3 is 15.0 Å². The van der Waals surface area contributed by atoms with E-state index in [1.54, 1.807) is 4.90 Å². The highest BCUT2D eigenvalue weighted by Crippen LogP contribution is 2.45. The minimum Gasteiger partial charge on any atom is -0.507 e. The average Bonchev–Trinajstić information content (AvgIpc) is 3.57. The van der Waals surface area contributed by atoms with Crippen LogP contribution in [-0.2, 0) is 22.4 Å². The van der Waals surface area contributed by atoms with Crippen molar-refractivity contribution in [3.05, 3.63) is 76.5 Å². The zero-order valence-electron chi connectivity index (χ0n) is 18.6. The van der Waals surface area contributed by atoms with Gasteiger partial charge in [0.15, 0.2) is 0 Å². The number of aromatic amines is 1. The Labute approximate surface area is 193 Å². The quantitative estimate of drug-likeness (QED) is 0.325. The third-order valence-corrected chi connectivity index (χ3v) is 7.74. The smallest absolute Gasteiger partial charge is 0.295 e. The summed E-state index contributed by atoms with van der Waals surface area (Å²) in [4.78, 5) is 31.8. The number of aliphatic hydroxyl groups excluding tert-OH is 1. The van der Waals surface area contributed by atoms with Crippen molar-refractivity contribution in [2.45, 2.75) is 63.5 Å². The Morgan fingerprint density at radius 3 is 2.52 bits per heavy atom. The van der Waals surface area contributed by atoms with Crippen LogP contribution in [0.15, 0.2) is 54.2 Å². The molecule has 168 valence electrons. The fourth-order valence-electron chi connectivity index (χ4n) is 6.07. The Hall–Kier alpha value is -3.34. The molecule has 0 bridgehead atoms. The van der Waals surface area contributed by atoms with Crippen molar-refractivity contribution < 1.29 is 14.7 Å². The third kappa shape index (κ3) is 3.21.